The van der Waals surface area contributed by atoms with E-state index in [1.165, 1.54) is 0 Å². The molecule has 4 aromatic carbocycles. The highest BCUT2D eigenvalue weighted by Crippen LogP contribution is 2.42. The van der Waals surface area contributed by atoms with Crippen LogP contribution >= 0.6 is 0 Å². The Balaban J connectivity index is 1.50. The van der Waals surface area contributed by atoms with Crippen LogP contribution in [-0.4, -0.2) is 95.0 Å². The van der Waals surface area contributed by atoms with E-state index in [0.717, 1.165) is 12.1 Å². The van der Waals surface area contributed by atoms with Gasteiger partial charge in [-0.1, -0.05) is 0 Å². The lowest BCUT2D eigenvalue weighted by Crippen LogP contribution is -2.16. The smallest absolute Gasteiger partial charge is 0.446 e. The van der Waals surface area contributed by atoms with Crippen molar-refractivity contribution in [2.45, 2.75) is 0 Å². The monoisotopic (exact) mass is 1110 g/mol. The summed E-state index contributed by atoms with van der Waals surface area (Å²) in [6.07, 6.45) is 0. The molecule has 2 aromatic heterocycles. The molecule has 0 aliphatic heterocycles. The summed E-state index contributed by atoms with van der Waals surface area (Å²) < 4.78 is 242. The molecule has 0 aliphatic carbocycles. The van der Waals surface area contributed by atoms with E-state index in [0.29, 0.717) is 48.5 Å². The Hall–Kier alpha value is -7.28. The van der Waals surface area contributed by atoms with Gasteiger partial charge in [-0.3, -0.25) is 36.9 Å². The second-order valence-corrected chi connectivity index (χ2v) is 18.8. The molecule has 0 aliphatic rings. The predicted octanol–water partition coefficient (Wildman–Crippen LogP) is 1.30. The zero-order valence-electron chi connectivity index (χ0n) is 32.7. The first-order valence-corrected chi connectivity index (χ1v) is 25.1. The highest BCUT2D eigenvalue weighted by molar-refractivity contribution is 7.82. The molecule has 0 saturated heterocycles. The molecule has 2 heterocycles. The molecule has 70 heavy (non-hydrogen) atoms. The maximum atomic E-state index is 13.9. The Morgan fingerprint density at radius 2 is 0.829 bits per heavy atom. The molecule has 6 aromatic rings. The molecule has 33 nitrogen and oxygen atoms in total. The van der Waals surface area contributed by atoms with E-state index < -0.39 is 182 Å². The Labute approximate surface area is 387 Å². The summed E-state index contributed by atoms with van der Waals surface area (Å²) in [6.45, 7) is -1.36. The Morgan fingerprint density at radius 1 is 0.429 bits per heavy atom. The second kappa shape index (κ2) is 18.6. The lowest BCUT2D eigenvalue weighted by atomic mass is 10.1. The number of aromatic hydroxyl groups is 1. The van der Waals surface area contributed by atoms with E-state index in [9.17, 15) is 88.7 Å². The zero-order chi connectivity index (χ0) is 52.1. The molecular formula is C31H20O33S6. The fourth-order valence-electron chi connectivity index (χ4n) is 5.71. The minimum absolute atomic E-state index is 0.443. The standard InChI is InChI=1S/C31H20O33S6/c32-16-7-14(59-65(36,37)38)9-22-24(16)26(33)31(64-70(51,52)53)29(56-22)12-1-3-17(61-67(42,43)44)19(5-12)54-11-55-21-8-15(60-66(39,40)41)10-23-25(21)27(34)30(58-35)28(57-23)13-2-4-18(62-68(45,46)47)20(6-13)63-69(48,49)50/h1-10,32,35H,11H2,(H,36,37,38)(H,39,40,41)(H,42,43,44)(H,45,46,47)(H,48,49,50)(H,51,52,53). The average molecular weight is 1110 g/mol. The van der Waals surface area contributed by atoms with Crippen LogP contribution in [0, 0.1) is 0 Å². The van der Waals surface area contributed by atoms with Gasteiger partial charge >= 0.3 is 62.4 Å². The Bertz CT molecular complexity index is 3950. The Kier molecular flexibility index (Phi) is 13.8. The fourth-order valence-corrected chi connectivity index (χ4v) is 7.84. The van der Waals surface area contributed by atoms with Gasteiger partial charge in [0.2, 0.25) is 23.4 Å². The average Bonchev–Trinajstić information content (AvgIpc) is 3.16. The third kappa shape index (κ3) is 13.1. The predicted molar refractivity (Wildman–Crippen MR) is 220 cm³/mol. The highest BCUT2D eigenvalue weighted by atomic mass is 32.3. The largest absolute Gasteiger partial charge is 0.507 e. The van der Waals surface area contributed by atoms with Crippen LogP contribution < -0.4 is 50.3 Å². The lowest BCUT2D eigenvalue weighted by Gasteiger charge is -2.16. The number of hydrogen-bond donors (Lipinski definition) is 8. The van der Waals surface area contributed by atoms with E-state index in [1.54, 1.807) is 0 Å². The van der Waals surface area contributed by atoms with Crippen LogP contribution in [0.15, 0.2) is 79.1 Å². The van der Waals surface area contributed by atoms with Crippen molar-refractivity contribution in [3.8, 4) is 80.1 Å². The van der Waals surface area contributed by atoms with E-state index in [1.807, 2.05) is 0 Å². The SMILES string of the molecule is O=c1c(OS(=O)(=O)O)c(-c2ccc(OS(=O)(=O)O)c(OCOc3cc(OS(=O)(=O)O)cc4oc(-c5ccc(OS(=O)(=O)O)c(OS(=O)(=O)O)c5)c(OO)c(=O)c34)c2)oc2cc(OS(=O)(=O)O)cc(O)c12. The van der Waals surface area contributed by atoms with Gasteiger partial charge in [0.1, 0.15) is 33.4 Å². The number of fused-ring (bicyclic) bond motifs is 2. The Morgan fingerprint density at radius 3 is 1.31 bits per heavy atom. The van der Waals surface area contributed by atoms with Crippen molar-refractivity contribution in [2.75, 3.05) is 6.79 Å². The summed E-state index contributed by atoms with van der Waals surface area (Å²) in [5, 5.41) is 18.4. The summed E-state index contributed by atoms with van der Waals surface area (Å²) in [7, 11) is -32.8. The molecule has 0 bridgehead atoms. The molecule has 0 fully saturated rings. The first-order valence-electron chi connectivity index (χ1n) is 16.9. The zero-order valence-corrected chi connectivity index (χ0v) is 37.6. The van der Waals surface area contributed by atoms with Gasteiger partial charge in [0, 0.05) is 35.4 Å². The van der Waals surface area contributed by atoms with Crippen LogP contribution in [-0.2, 0) is 62.4 Å². The van der Waals surface area contributed by atoms with Gasteiger partial charge in [-0.15, -0.1) is 0 Å². The number of hydrogen-bond acceptors (Lipinski definition) is 27. The van der Waals surface area contributed by atoms with E-state index in [-0.39, 0.29) is 0 Å². The van der Waals surface area contributed by atoms with E-state index >= 15 is 0 Å². The summed E-state index contributed by atoms with van der Waals surface area (Å²) in [5.41, 5.74) is -6.11. The topological polar surface area (TPSA) is 510 Å². The van der Waals surface area contributed by atoms with E-state index in [2.05, 4.69) is 30.0 Å². The molecule has 0 amide bonds. The van der Waals surface area contributed by atoms with Gasteiger partial charge in [0.15, 0.2) is 46.0 Å². The van der Waals surface area contributed by atoms with Crippen molar-refractivity contribution >= 4 is 84.3 Å². The summed E-state index contributed by atoms with van der Waals surface area (Å²) in [4.78, 5) is 31.5. The van der Waals surface area contributed by atoms with Crippen molar-refractivity contribution < 1.29 is 136 Å². The van der Waals surface area contributed by atoms with Crippen molar-refractivity contribution in [3.05, 3.63) is 81.1 Å². The summed E-state index contributed by atoms with van der Waals surface area (Å²) >= 11 is 0. The lowest BCUT2D eigenvalue weighted by molar-refractivity contribution is -0.138. The number of phenols is 1. The highest BCUT2D eigenvalue weighted by Gasteiger charge is 2.29. The quantitative estimate of drug-likeness (QED) is 0.0245. The van der Waals surface area contributed by atoms with Crippen molar-refractivity contribution in [3.63, 3.8) is 0 Å². The van der Waals surface area contributed by atoms with Gasteiger partial charge < -0.3 is 53.4 Å². The minimum atomic E-state index is -5.67. The van der Waals surface area contributed by atoms with Crippen LogP contribution in [0.3, 0.4) is 0 Å². The number of rotatable bonds is 19. The molecule has 6 rings (SSSR count). The molecule has 0 spiro atoms. The molecule has 39 heteroatoms. The van der Waals surface area contributed by atoms with Crippen LogP contribution in [0.1, 0.15) is 0 Å². The van der Waals surface area contributed by atoms with Gasteiger partial charge in [-0.25, -0.2) is 5.26 Å². The molecule has 0 unspecified atom stereocenters. The number of phenolic OH excluding ortho intramolecular Hbond substituents is 1. The third-order valence-electron chi connectivity index (χ3n) is 7.91. The van der Waals surface area contributed by atoms with Crippen LogP contribution in [0.25, 0.3) is 44.6 Å². The first kappa shape index (κ1) is 52.1. The molecule has 0 radical (unpaired) electrons. The second-order valence-electron chi connectivity index (χ2n) is 12.7. The van der Waals surface area contributed by atoms with Crippen LogP contribution in [0.4, 0.5) is 0 Å². The van der Waals surface area contributed by atoms with Crippen molar-refractivity contribution in [1.29, 1.82) is 0 Å². The number of benzene rings is 4. The minimum Gasteiger partial charge on any atom is -0.507 e. The molecule has 0 saturated carbocycles. The fraction of sp³-hybridized carbons (Fsp3) is 0.0323. The molecular weight excluding hydrogens is 1090 g/mol. The maximum Gasteiger partial charge on any atom is 0.446 e. The van der Waals surface area contributed by atoms with Gasteiger partial charge in [0.25, 0.3) is 5.75 Å². The first-order chi connectivity index (χ1) is 32.1. The van der Waals surface area contributed by atoms with Gasteiger partial charge in [-0.2, -0.15) is 50.5 Å². The third-order valence-corrected chi connectivity index (χ3v) is 10.3. The van der Waals surface area contributed by atoms with Crippen molar-refractivity contribution in [2.24, 2.45) is 0 Å². The normalized spacial score (nSPS) is 12.6. The van der Waals surface area contributed by atoms with E-state index in [4.69, 9.17) is 27.4 Å². The van der Waals surface area contributed by atoms with Gasteiger partial charge in [0.05, 0.1) is 0 Å². The summed E-state index contributed by atoms with van der Waals surface area (Å²) in [6, 6.07) is 5.81. The molecule has 8 N–H and O–H groups in total. The molecule has 378 valence electrons. The maximum absolute atomic E-state index is 13.9. The van der Waals surface area contributed by atoms with Gasteiger partial charge in [-0.05, 0) is 36.4 Å². The van der Waals surface area contributed by atoms with Crippen LogP contribution in [0.2, 0.25) is 0 Å². The van der Waals surface area contributed by atoms with Crippen molar-refractivity contribution in [1.82, 2.24) is 0 Å². The molecule has 0 atom stereocenters. The van der Waals surface area contributed by atoms with Crippen LogP contribution in [0.5, 0.6) is 57.5 Å². The number of ether oxygens (including phenoxy) is 2. The summed E-state index contributed by atoms with van der Waals surface area (Å²) in [5.74, 6) is -13.1.